The van der Waals surface area contributed by atoms with Crippen molar-refractivity contribution >= 4 is 0 Å². The van der Waals surface area contributed by atoms with E-state index in [0.29, 0.717) is 23.7 Å². The van der Waals surface area contributed by atoms with Crippen LogP contribution in [-0.2, 0) is 0 Å². The standard InChI is InChI=1S/C22H32N2/c1-15(2)19-12-13-23-22(14-19)18(6)11-10-17(5)21-9-7-8-20(24-21)16(3)4/h7-9,12-18H,10-11H2,1-6H3. The third kappa shape index (κ3) is 4.90. The van der Waals surface area contributed by atoms with Crippen molar-refractivity contribution < 1.29 is 0 Å². The minimum absolute atomic E-state index is 0.485. The maximum Gasteiger partial charge on any atom is 0.0435 e. The Hall–Kier alpha value is -1.70. The number of nitrogens with zero attached hydrogens (tertiary/aromatic N) is 2. The first kappa shape index (κ1) is 18.6. The molecule has 2 rings (SSSR count). The molecule has 130 valence electrons. The zero-order valence-electron chi connectivity index (χ0n) is 16.1. The summed E-state index contributed by atoms with van der Waals surface area (Å²) in [7, 11) is 0. The van der Waals surface area contributed by atoms with E-state index in [0.717, 1.165) is 12.8 Å². The second-order valence-electron chi connectivity index (χ2n) is 7.69. The summed E-state index contributed by atoms with van der Waals surface area (Å²) in [6.45, 7) is 13.4. The molecule has 0 fully saturated rings. The highest BCUT2D eigenvalue weighted by Gasteiger charge is 2.14. The molecule has 0 N–H and O–H groups in total. The molecule has 0 aliphatic heterocycles. The Balaban J connectivity index is 1.99. The van der Waals surface area contributed by atoms with E-state index in [2.05, 4.69) is 76.9 Å². The Morgan fingerprint density at radius 1 is 0.750 bits per heavy atom. The van der Waals surface area contributed by atoms with Crippen molar-refractivity contribution in [1.82, 2.24) is 9.97 Å². The van der Waals surface area contributed by atoms with E-state index < -0.39 is 0 Å². The van der Waals surface area contributed by atoms with Crippen LogP contribution in [0.4, 0.5) is 0 Å². The molecule has 0 spiro atoms. The average molecular weight is 325 g/mol. The Kier molecular flexibility index (Phi) is 6.53. The van der Waals surface area contributed by atoms with Crippen LogP contribution in [-0.4, -0.2) is 9.97 Å². The molecule has 2 aromatic heterocycles. The predicted molar refractivity (Wildman–Crippen MR) is 103 cm³/mol. The first-order valence-corrected chi connectivity index (χ1v) is 9.31. The van der Waals surface area contributed by atoms with Gasteiger partial charge in [-0.1, -0.05) is 47.6 Å². The minimum atomic E-state index is 0.485. The van der Waals surface area contributed by atoms with Crippen molar-refractivity contribution in [3.63, 3.8) is 0 Å². The molecule has 0 aromatic carbocycles. The van der Waals surface area contributed by atoms with Gasteiger partial charge in [0.2, 0.25) is 0 Å². The zero-order valence-corrected chi connectivity index (χ0v) is 16.1. The smallest absolute Gasteiger partial charge is 0.0435 e. The normalized spacial score (nSPS) is 14.2. The van der Waals surface area contributed by atoms with E-state index in [-0.39, 0.29) is 0 Å². The van der Waals surface area contributed by atoms with Crippen LogP contribution in [0.2, 0.25) is 0 Å². The first-order valence-electron chi connectivity index (χ1n) is 9.31. The maximum atomic E-state index is 4.84. The van der Waals surface area contributed by atoms with Gasteiger partial charge in [-0.05, 0) is 66.3 Å². The molecular formula is C22H32N2. The summed E-state index contributed by atoms with van der Waals surface area (Å²) in [6.07, 6.45) is 4.24. The zero-order chi connectivity index (χ0) is 17.7. The summed E-state index contributed by atoms with van der Waals surface area (Å²) in [6, 6.07) is 10.8. The van der Waals surface area contributed by atoms with Crippen LogP contribution in [0.1, 0.15) is 101 Å². The van der Waals surface area contributed by atoms with E-state index in [1.807, 2.05) is 6.20 Å². The molecule has 0 amide bonds. The number of rotatable bonds is 7. The third-order valence-electron chi connectivity index (χ3n) is 4.90. The number of hydrogen-bond donors (Lipinski definition) is 0. The van der Waals surface area contributed by atoms with Crippen molar-refractivity contribution in [3.05, 3.63) is 59.2 Å². The lowest BCUT2D eigenvalue weighted by Gasteiger charge is -2.17. The van der Waals surface area contributed by atoms with Gasteiger partial charge >= 0.3 is 0 Å². The van der Waals surface area contributed by atoms with Crippen molar-refractivity contribution in [2.75, 3.05) is 0 Å². The van der Waals surface area contributed by atoms with Gasteiger partial charge < -0.3 is 0 Å². The highest BCUT2D eigenvalue weighted by atomic mass is 14.7. The molecule has 0 radical (unpaired) electrons. The largest absolute Gasteiger partial charge is 0.261 e. The van der Waals surface area contributed by atoms with Crippen LogP contribution in [0.25, 0.3) is 0 Å². The summed E-state index contributed by atoms with van der Waals surface area (Å²) >= 11 is 0. The van der Waals surface area contributed by atoms with Crippen molar-refractivity contribution in [1.29, 1.82) is 0 Å². The Labute approximate surface area is 147 Å². The third-order valence-corrected chi connectivity index (χ3v) is 4.90. The molecule has 0 aliphatic carbocycles. The molecule has 0 aliphatic rings. The van der Waals surface area contributed by atoms with Gasteiger partial charge in [-0.25, -0.2) is 0 Å². The minimum Gasteiger partial charge on any atom is -0.261 e. The SMILES string of the molecule is CC(C)c1ccnc(C(C)CCC(C)c2cccc(C(C)C)n2)c1. The summed E-state index contributed by atoms with van der Waals surface area (Å²) in [5, 5.41) is 0. The van der Waals surface area contributed by atoms with Gasteiger partial charge in [-0.2, -0.15) is 0 Å². The number of hydrogen-bond acceptors (Lipinski definition) is 2. The van der Waals surface area contributed by atoms with Gasteiger partial charge in [0, 0.05) is 23.3 Å². The van der Waals surface area contributed by atoms with Crippen molar-refractivity contribution in [2.24, 2.45) is 0 Å². The lowest BCUT2D eigenvalue weighted by Crippen LogP contribution is -2.04. The lowest BCUT2D eigenvalue weighted by atomic mass is 9.92. The van der Waals surface area contributed by atoms with E-state index >= 15 is 0 Å². The molecular weight excluding hydrogens is 292 g/mol. The molecule has 2 heteroatoms. The molecule has 0 bridgehead atoms. The summed E-state index contributed by atoms with van der Waals surface area (Å²) in [5.41, 5.74) is 5.01. The first-order chi connectivity index (χ1) is 11.4. The fraction of sp³-hybridized carbons (Fsp3) is 0.545. The molecule has 2 unspecified atom stereocenters. The topological polar surface area (TPSA) is 25.8 Å². The van der Waals surface area contributed by atoms with E-state index in [1.54, 1.807) is 0 Å². The quantitative estimate of drug-likeness (QED) is 0.588. The van der Waals surface area contributed by atoms with Crippen LogP contribution in [0.3, 0.4) is 0 Å². The molecule has 2 aromatic rings. The van der Waals surface area contributed by atoms with Gasteiger partial charge in [0.15, 0.2) is 0 Å². The van der Waals surface area contributed by atoms with E-state index in [9.17, 15) is 0 Å². The van der Waals surface area contributed by atoms with Gasteiger partial charge in [0.05, 0.1) is 0 Å². The van der Waals surface area contributed by atoms with Crippen LogP contribution < -0.4 is 0 Å². The number of aromatic nitrogens is 2. The highest BCUT2D eigenvalue weighted by Crippen LogP contribution is 2.28. The molecule has 0 saturated heterocycles. The Morgan fingerprint density at radius 2 is 1.38 bits per heavy atom. The molecule has 0 saturated carbocycles. The second kappa shape index (κ2) is 8.41. The van der Waals surface area contributed by atoms with Crippen LogP contribution >= 0.6 is 0 Å². The summed E-state index contributed by atoms with van der Waals surface area (Å²) < 4.78 is 0. The monoisotopic (exact) mass is 324 g/mol. The van der Waals surface area contributed by atoms with Crippen molar-refractivity contribution in [3.8, 4) is 0 Å². The molecule has 2 heterocycles. The van der Waals surface area contributed by atoms with E-state index in [4.69, 9.17) is 4.98 Å². The van der Waals surface area contributed by atoms with Gasteiger partial charge in [-0.15, -0.1) is 0 Å². The Bertz CT molecular complexity index is 588. The van der Waals surface area contributed by atoms with Gasteiger partial charge in [0.1, 0.15) is 0 Å². The molecule has 2 nitrogen and oxygen atoms in total. The molecule has 24 heavy (non-hydrogen) atoms. The Morgan fingerprint density at radius 3 is 2.00 bits per heavy atom. The maximum absolute atomic E-state index is 4.84. The van der Waals surface area contributed by atoms with Crippen molar-refractivity contribution in [2.45, 2.75) is 78.1 Å². The van der Waals surface area contributed by atoms with Crippen LogP contribution in [0, 0.1) is 0 Å². The average Bonchev–Trinajstić information content (AvgIpc) is 2.59. The van der Waals surface area contributed by atoms with Crippen LogP contribution in [0.15, 0.2) is 36.5 Å². The predicted octanol–water partition coefficient (Wildman–Crippen LogP) is 6.41. The van der Waals surface area contributed by atoms with E-state index in [1.165, 1.54) is 22.6 Å². The fourth-order valence-electron chi connectivity index (χ4n) is 2.95. The second-order valence-corrected chi connectivity index (χ2v) is 7.69. The fourth-order valence-corrected chi connectivity index (χ4v) is 2.95. The van der Waals surface area contributed by atoms with Gasteiger partial charge in [0.25, 0.3) is 0 Å². The van der Waals surface area contributed by atoms with Gasteiger partial charge in [-0.3, -0.25) is 9.97 Å². The number of pyridine rings is 2. The molecule has 2 atom stereocenters. The summed E-state index contributed by atoms with van der Waals surface area (Å²) in [5.74, 6) is 2.01. The highest BCUT2D eigenvalue weighted by molar-refractivity contribution is 5.22. The summed E-state index contributed by atoms with van der Waals surface area (Å²) in [4.78, 5) is 9.44. The lowest BCUT2D eigenvalue weighted by molar-refractivity contribution is 0.555. The van der Waals surface area contributed by atoms with Crippen LogP contribution in [0.5, 0.6) is 0 Å².